The van der Waals surface area contributed by atoms with Crippen LogP contribution in [0.1, 0.15) is 0 Å². The Balaban J connectivity index is 2.35. The second kappa shape index (κ2) is 2.98. The third-order valence-electron chi connectivity index (χ3n) is 1.80. The highest BCUT2D eigenvalue weighted by Gasteiger charge is 2.19. The number of hydrogen-bond acceptors (Lipinski definition) is 5. The largest absolute Gasteiger partial charge is 0.366 e. The van der Waals surface area contributed by atoms with Gasteiger partial charge in [-0.1, -0.05) is 0 Å². The zero-order valence-electron chi connectivity index (χ0n) is 6.82. The van der Waals surface area contributed by atoms with Gasteiger partial charge in [0.15, 0.2) is 5.82 Å². The fourth-order valence-corrected chi connectivity index (χ4v) is 1.09. The fourth-order valence-electron chi connectivity index (χ4n) is 1.09. The molecular weight excluding hydrogens is 170 g/mol. The molecule has 13 heavy (non-hydrogen) atoms. The van der Waals surface area contributed by atoms with Gasteiger partial charge in [-0.25, -0.2) is 9.97 Å². The van der Waals surface area contributed by atoms with Crippen molar-refractivity contribution in [1.29, 1.82) is 0 Å². The molecule has 0 bridgehead atoms. The normalized spacial score (nSPS) is 21.0. The fraction of sp³-hybridized carbons (Fsp3) is 0.286. The van der Waals surface area contributed by atoms with Gasteiger partial charge in [-0.3, -0.25) is 4.79 Å². The maximum Gasteiger partial charge on any atom is 0.243 e. The van der Waals surface area contributed by atoms with Gasteiger partial charge in [0.05, 0.1) is 6.20 Å². The standard InChI is InChI=1S/C7H9N5O/c8-4-1-10-6-5(12-7(4)13)2-9-3-11-6/h2-4H,1,8H2,(H,12,13)(H,9,10,11)/t4-/m0/s1. The Morgan fingerprint density at radius 3 is 3.31 bits per heavy atom. The summed E-state index contributed by atoms with van der Waals surface area (Å²) in [4.78, 5) is 19.0. The molecule has 6 nitrogen and oxygen atoms in total. The zero-order valence-corrected chi connectivity index (χ0v) is 6.82. The van der Waals surface area contributed by atoms with Gasteiger partial charge < -0.3 is 16.4 Å². The van der Waals surface area contributed by atoms with Gasteiger partial charge >= 0.3 is 0 Å². The predicted octanol–water partition coefficient (Wildman–Crippen LogP) is -0.832. The quantitative estimate of drug-likeness (QED) is 0.483. The lowest BCUT2D eigenvalue weighted by atomic mass is 10.3. The Labute approximate surface area is 74.6 Å². The topological polar surface area (TPSA) is 92.9 Å². The number of fused-ring (bicyclic) bond motifs is 1. The number of carbonyl (C=O) groups is 1. The zero-order chi connectivity index (χ0) is 9.26. The van der Waals surface area contributed by atoms with Crippen molar-refractivity contribution in [1.82, 2.24) is 9.97 Å². The smallest absolute Gasteiger partial charge is 0.243 e. The van der Waals surface area contributed by atoms with Crippen LogP contribution in [0.15, 0.2) is 12.5 Å². The summed E-state index contributed by atoms with van der Waals surface area (Å²) in [5.41, 5.74) is 6.10. The minimum Gasteiger partial charge on any atom is -0.366 e. The van der Waals surface area contributed by atoms with E-state index in [-0.39, 0.29) is 5.91 Å². The van der Waals surface area contributed by atoms with E-state index >= 15 is 0 Å². The molecule has 0 radical (unpaired) electrons. The molecule has 2 rings (SSSR count). The molecule has 0 saturated heterocycles. The Morgan fingerprint density at radius 2 is 2.46 bits per heavy atom. The maximum absolute atomic E-state index is 11.2. The van der Waals surface area contributed by atoms with Crippen LogP contribution in [0.3, 0.4) is 0 Å². The molecule has 4 N–H and O–H groups in total. The first-order chi connectivity index (χ1) is 6.27. The Kier molecular flexibility index (Phi) is 1.82. The lowest BCUT2D eigenvalue weighted by Crippen LogP contribution is -2.39. The molecule has 1 amide bonds. The summed E-state index contributed by atoms with van der Waals surface area (Å²) in [5, 5.41) is 5.57. The summed E-state index contributed by atoms with van der Waals surface area (Å²) in [6.45, 7) is 0.385. The second-order valence-corrected chi connectivity index (χ2v) is 2.76. The van der Waals surface area contributed by atoms with Crippen molar-refractivity contribution in [2.45, 2.75) is 6.04 Å². The van der Waals surface area contributed by atoms with E-state index < -0.39 is 6.04 Å². The van der Waals surface area contributed by atoms with Crippen LogP contribution in [0.25, 0.3) is 0 Å². The SMILES string of the molecule is N[C@H]1CNc2ncncc2NC1=O. The lowest BCUT2D eigenvalue weighted by molar-refractivity contribution is -0.117. The predicted molar refractivity (Wildman–Crippen MR) is 47.1 cm³/mol. The molecule has 0 aliphatic carbocycles. The van der Waals surface area contributed by atoms with Crippen molar-refractivity contribution < 1.29 is 4.79 Å². The van der Waals surface area contributed by atoms with E-state index in [1.807, 2.05) is 0 Å². The molecule has 0 saturated carbocycles. The highest BCUT2D eigenvalue weighted by molar-refractivity contribution is 5.98. The van der Waals surface area contributed by atoms with E-state index in [0.717, 1.165) is 0 Å². The van der Waals surface area contributed by atoms with Crippen LogP contribution in [0.2, 0.25) is 0 Å². The number of anilines is 2. The Morgan fingerprint density at radius 1 is 1.62 bits per heavy atom. The summed E-state index contributed by atoms with van der Waals surface area (Å²) in [7, 11) is 0. The number of carbonyl (C=O) groups excluding carboxylic acids is 1. The molecule has 1 aromatic rings. The average Bonchev–Trinajstić information content (AvgIpc) is 2.28. The third kappa shape index (κ3) is 1.43. The molecule has 0 unspecified atom stereocenters. The molecule has 0 aromatic carbocycles. The molecule has 2 heterocycles. The number of rotatable bonds is 0. The molecule has 68 valence electrons. The number of nitrogens with one attached hydrogen (secondary N) is 2. The van der Waals surface area contributed by atoms with Crippen LogP contribution in [0, 0.1) is 0 Å². The molecule has 0 spiro atoms. The van der Waals surface area contributed by atoms with E-state index in [4.69, 9.17) is 5.73 Å². The number of aromatic nitrogens is 2. The van der Waals surface area contributed by atoms with Crippen molar-refractivity contribution in [3.05, 3.63) is 12.5 Å². The van der Waals surface area contributed by atoms with E-state index in [0.29, 0.717) is 18.1 Å². The van der Waals surface area contributed by atoms with Crippen molar-refractivity contribution in [3.63, 3.8) is 0 Å². The summed E-state index contributed by atoms with van der Waals surface area (Å²) < 4.78 is 0. The summed E-state index contributed by atoms with van der Waals surface area (Å²) >= 11 is 0. The number of hydrogen-bond donors (Lipinski definition) is 3. The van der Waals surface area contributed by atoms with E-state index in [1.165, 1.54) is 12.5 Å². The van der Waals surface area contributed by atoms with Crippen molar-refractivity contribution in [2.24, 2.45) is 5.73 Å². The van der Waals surface area contributed by atoms with Crippen LogP contribution in [0.4, 0.5) is 11.5 Å². The number of nitrogens with two attached hydrogens (primary N) is 1. The van der Waals surface area contributed by atoms with Crippen LogP contribution >= 0.6 is 0 Å². The molecule has 1 aromatic heterocycles. The van der Waals surface area contributed by atoms with Gasteiger partial charge in [0.1, 0.15) is 18.1 Å². The van der Waals surface area contributed by atoms with Gasteiger partial charge in [0.25, 0.3) is 0 Å². The first-order valence-electron chi connectivity index (χ1n) is 3.87. The molecular formula is C7H9N5O. The summed E-state index contributed by atoms with van der Waals surface area (Å²) in [5.74, 6) is 0.386. The Bertz CT molecular complexity index is 339. The molecule has 0 fully saturated rings. The van der Waals surface area contributed by atoms with Gasteiger partial charge in [0, 0.05) is 6.54 Å². The van der Waals surface area contributed by atoms with Crippen molar-refractivity contribution in [3.8, 4) is 0 Å². The van der Waals surface area contributed by atoms with E-state index in [2.05, 4.69) is 20.6 Å². The summed E-state index contributed by atoms with van der Waals surface area (Å²) in [6, 6.07) is -0.547. The van der Waals surface area contributed by atoms with Crippen LogP contribution in [0.5, 0.6) is 0 Å². The molecule has 1 aliphatic heterocycles. The minimum atomic E-state index is -0.547. The second-order valence-electron chi connectivity index (χ2n) is 2.76. The van der Waals surface area contributed by atoms with E-state index in [9.17, 15) is 4.79 Å². The van der Waals surface area contributed by atoms with Gasteiger partial charge in [-0.2, -0.15) is 0 Å². The van der Waals surface area contributed by atoms with E-state index in [1.54, 1.807) is 0 Å². The number of amides is 1. The van der Waals surface area contributed by atoms with Gasteiger partial charge in [0.2, 0.25) is 5.91 Å². The third-order valence-corrected chi connectivity index (χ3v) is 1.80. The Hall–Kier alpha value is -1.69. The highest BCUT2D eigenvalue weighted by Crippen LogP contribution is 2.18. The first kappa shape index (κ1) is 7.93. The molecule has 1 aliphatic rings. The average molecular weight is 179 g/mol. The lowest BCUT2D eigenvalue weighted by Gasteiger charge is -2.04. The highest BCUT2D eigenvalue weighted by atomic mass is 16.2. The van der Waals surface area contributed by atoms with Gasteiger partial charge in [-0.05, 0) is 0 Å². The maximum atomic E-state index is 11.2. The van der Waals surface area contributed by atoms with Crippen LogP contribution < -0.4 is 16.4 Å². The monoisotopic (exact) mass is 179 g/mol. The molecule has 6 heteroatoms. The van der Waals surface area contributed by atoms with Crippen molar-refractivity contribution >= 4 is 17.4 Å². The van der Waals surface area contributed by atoms with Crippen LogP contribution in [-0.2, 0) is 4.79 Å². The number of nitrogens with zero attached hydrogens (tertiary/aromatic N) is 2. The summed E-state index contributed by atoms with van der Waals surface area (Å²) in [6.07, 6.45) is 2.94. The van der Waals surface area contributed by atoms with Crippen LogP contribution in [-0.4, -0.2) is 28.5 Å². The van der Waals surface area contributed by atoms with Gasteiger partial charge in [-0.15, -0.1) is 0 Å². The van der Waals surface area contributed by atoms with Crippen molar-refractivity contribution in [2.75, 3.05) is 17.2 Å². The molecule has 1 atom stereocenters. The minimum absolute atomic E-state index is 0.221. The first-order valence-corrected chi connectivity index (χ1v) is 3.87.